The third kappa shape index (κ3) is 5.03. The molecule has 1 fully saturated rings. The summed E-state index contributed by atoms with van der Waals surface area (Å²) in [4.78, 5) is 26.1. The summed E-state index contributed by atoms with van der Waals surface area (Å²) in [7, 11) is 0. The molecule has 0 bridgehead atoms. The summed E-state index contributed by atoms with van der Waals surface area (Å²) >= 11 is 0. The SMILES string of the molecule is CCC(=O)N(Cc1ccc(F)cc1)C(C)C(=O)NCC1CCCO1. The Bertz CT molecular complexity index is 556. The van der Waals surface area contributed by atoms with Gasteiger partial charge in [0.15, 0.2) is 0 Å². The molecule has 1 aliphatic rings. The summed E-state index contributed by atoms with van der Waals surface area (Å²) in [5.41, 5.74) is 0.789. The third-order valence-corrected chi connectivity index (χ3v) is 4.26. The smallest absolute Gasteiger partial charge is 0.242 e. The molecule has 5 nitrogen and oxygen atoms in total. The van der Waals surface area contributed by atoms with E-state index in [2.05, 4.69) is 5.32 Å². The van der Waals surface area contributed by atoms with Crippen LogP contribution in [0.4, 0.5) is 4.39 Å². The Morgan fingerprint density at radius 2 is 2.08 bits per heavy atom. The van der Waals surface area contributed by atoms with Crippen LogP contribution in [0.25, 0.3) is 0 Å². The van der Waals surface area contributed by atoms with Gasteiger partial charge in [0, 0.05) is 26.1 Å². The molecule has 1 N–H and O–H groups in total. The van der Waals surface area contributed by atoms with Crippen molar-refractivity contribution in [2.24, 2.45) is 0 Å². The van der Waals surface area contributed by atoms with Crippen LogP contribution in [0.3, 0.4) is 0 Å². The van der Waals surface area contributed by atoms with E-state index in [9.17, 15) is 14.0 Å². The molecule has 0 radical (unpaired) electrons. The van der Waals surface area contributed by atoms with Crippen molar-refractivity contribution in [3.05, 3.63) is 35.6 Å². The van der Waals surface area contributed by atoms with Crippen molar-refractivity contribution in [1.29, 1.82) is 0 Å². The van der Waals surface area contributed by atoms with Crippen LogP contribution in [0.15, 0.2) is 24.3 Å². The Hall–Kier alpha value is -1.95. The predicted molar refractivity (Wildman–Crippen MR) is 88.7 cm³/mol. The molecule has 1 saturated heterocycles. The highest BCUT2D eigenvalue weighted by molar-refractivity contribution is 5.87. The molecule has 1 aromatic rings. The molecule has 6 heteroatoms. The van der Waals surface area contributed by atoms with Crippen molar-refractivity contribution in [2.45, 2.75) is 51.8 Å². The number of rotatable bonds is 7. The summed E-state index contributed by atoms with van der Waals surface area (Å²) in [6.45, 7) is 4.95. The largest absolute Gasteiger partial charge is 0.376 e. The second-order valence-electron chi connectivity index (χ2n) is 6.06. The minimum Gasteiger partial charge on any atom is -0.376 e. The maximum atomic E-state index is 13.0. The fraction of sp³-hybridized carbons (Fsp3) is 0.556. The van der Waals surface area contributed by atoms with E-state index in [1.165, 1.54) is 17.0 Å². The van der Waals surface area contributed by atoms with E-state index in [-0.39, 0.29) is 30.3 Å². The number of nitrogens with one attached hydrogen (secondary N) is 1. The van der Waals surface area contributed by atoms with Crippen LogP contribution in [0.1, 0.15) is 38.7 Å². The number of benzene rings is 1. The highest BCUT2D eigenvalue weighted by Crippen LogP contribution is 2.13. The lowest BCUT2D eigenvalue weighted by Crippen LogP contribution is -2.48. The van der Waals surface area contributed by atoms with Crippen LogP contribution in [0.5, 0.6) is 0 Å². The molecule has 1 aromatic carbocycles. The van der Waals surface area contributed by atoms with Gasteiger partial charge in [-0.2, -0.15) is 0 Å². The maximum absolute atomic E-state index is 13.0. The summed E-state index contributed by atoms with van der Waals surface area (Å²) in [5.74, 6) is -0.636. The van der Waals surface area contributed by atoms with Crippen molar-refractivity contribution in [3.63, 3.8) is 0 Å². The molecule has 2 amide bonds. The van der Waals surface area contributed by atoms with Crippen LogP contribution in [-0.4, -0.2) is 42.0 Å². The van der Waals surface area contributed by atoms with E-state index in [0.29, 0.717) is 13.0 Å². The lowest BCUT2D eigenvalue weighted by atomic mass is 10.1. The zero-order valence-electron chi connectivity index (χ0n) is 14.3. The van der Waals surface area contributed by atoms with Crippen molar-refractivity contribution >= 4 is 11.8 Å². The standard InChI is InChI=1S/C18H25FN2O3/c1-3-17(22)21(12-14-6-8-15(19)9-7-14)13(2)18(23)20-11-16-5-4-10-24-16/h6-9,13,16H,3-5,10-12H2,1-2H3,(H,20,23). The highest BCUT2D eigenvalue weighted by Gasteiger charge is 2.26. The Labute approximate surface area is 142 Å². The second-order valence-corrected chi connectivity index (χ2v) is 6.06. The molecular weight excluding hydrogens is 311 g/mol. The lowest BCUT2D eigenvalue weighted by Gasteiger charge is -2.28. The van der Waals surface area contributed by atoms with Crippen LogP contribution in [0.2, 0.25) is 0 Å². The van der Waals surface area contributed by atoms with Crippen LogP contribution >= 0.6 is 0 Å². The molecule has 2 atom stereocenters. The summed E-state index contributed by atoms with van der Waals surface area (Å²) < 4.78 is 18.5. The Kier molecular flexibility index (Phi) is 6.73. The summed E-state index contributed by atoms with van der Waals surface area (Å²) in [6, 6.07) is 5.37. The zero-order valence-corrected chi connectivity index (χ0v) is 14.3. The van der Waals surface area contributed by atoms with Gasteiger partial charge in [-0.15, -0.1) is 0 Å². The van der Waals surface area contributed by atoms with E-state index in [1.54, 1.807) is 26.0 Å². The van der Waals surface area contributed by atoms with Crippen LogP contribution in [-0.2, 0) is 20.9 Å². The normalized spacial score (nSPS) is 18.2. The number of hydrogen-bond donors (Lipinski definition) is 1. The number of halogens is 1. The number of ether oxygens (including phenoxy) is 1. The monoisotopic (exact) mass is 336 g/mol. The fourth-order valence-corrected chi connectivity index (χ4v) is 2.74. The maximum Gasteiger partial charge on any atom is 0.242 e. The molecule has 2 rings (SSSR count). The van der Waals surface area contributed by atoms with E-state index in [1.807, 2.05) is 0 Å². The van der Waals surface area contributed by atoms with Gasteiger partial charge in [-0.05, 0) is 37.5 Å². The van der Waals surface area contributed by atoms with Gasteiger partial charge >= 0.3 is 0 Å². The predicted octanol–water partition coefficient (Wildman–Crippen LogP) is 2.25. The number of hydrogen-bond acceptors (Lipinski definition) is 3. The molecular formula is C18H25FN2O3. The lowest BCUT2D eigenvalue weighted by molar-refractivity contribution is -0.140. The van der Waals surface area contributed by atoms with Gasteiger partial charge in [-0.3, -0.25) is 9.59 Å². The number of nitrogens with zero attached hydrogens (tertiary/aromatic N) is 1. The third-order valence-electron chi connectivity index (χ3n) is 4.26. The molecule has 1 aliphatic heterocycles. The molecule has 1 heterocycles. The van der Waals surface area contributed by atoms with Gasteiger partial charge in [0.1, 0.15) is 11.9 Å². The van der Waals surface area contributed by atoms with Gasteiger partial charge < -0.3 is 15.0 Å². The molecule has 0 spiro atoms. The Balaban J connectivity index is 1.98. The molecule has 0 aromatic heterocycles. The van der Waals surface area contributed by atoms with Crippen LogP contribution < -0.4 is 5.32 Å². The number of amides is 2. The first kappa shape index (κ1) is 18.4. The second kappa shape index (κ2) is 8.78. The van der Waals surface area contributed by atoms with Gasteiger partial charge in [-0.25, -0.2) is 4.39 Å². The van der Waals surface area contributed by atoms with Crippen molar-refractivity contribution < 1.29 is 18.7 Å². The van der Waals surface area contributed by atoms with Gasteiger partial charge in [0.25, 0.3) is 0 Å². The van der Waals surface area contributed by atoms with Gasteiger partial charge in [0.05, 0.1) is 6.10 Å². The number of carbonyl (C=O) groups excluding carboxylic acids is 2. The molecule has 0 aliphatic carbocycles. The molecule has 0 saturated carbocycles. The summed E-state index contributed by atoms with van der Waals surface area (Å²) in [6.07, 6.45) is 2.33. The fourth-order valence-electron chi connectivity index (χ4n) is 2.74. The summed E-state index contributed by atoms with van der Waals surface area (Å²) in [5, 5.41) is 2.86. The average Bonchev–Trinajstić information content (AvgIpc) is 3.11. The highest BCUT2D eigenvalue weighted by atomic mass is 19.1. The molecule has 2 unspecified atom stereocenters. The van der Waals surface area contributed by atoms with Gasteiger partial charge in [-0.1, -0.05) is 19.1 Å². The minimum absolute atomic E-state index is 0.0635. The molecule has 24 heavy (non-hydrogen) atoms. The topological polar surface area (TPSA) is 58.6 Å². The van der Waals surface area contributed by atoms with Crippen LogP contribution in [0, 0.1) is 5.82 Å². The Morgan fingerprint density at radius 1 is 1.38 bits per heavy atom. The quantitative estimate of drug-likeness (QED) is 0.831. The Morgan fingerprint density at radius 3 is 2.67 bits per heavy atom. The van der Waals surface area contributed by atoms with E-state index < -0.39 is 6.04 Å². The van der Waals surface area contributed by atoms with E-state index in [0.717, 1.165) is 25.0 Å². The van der Waals surface area contributed by atoms with Crippen molar-refractivity contribution in [1.82, 2.24) is 10.2 Å². The number of carbonyl (C=O) groups is 2. The van der Waals surface area contributed by atoms with E-state index >= 15 is 0 Å². The van der Waals surface area contributed by atoms with Crippen molar-refractivity contribution in [2.75, 3.05) is 13.2 Å². The van der Waals surface area contributed by atoms with Gasteiger partial charge in [0.2, 0.25) is 11.8 Å². The first-order valence-corrected chi connectivity index (χ1v) is 8.44. The molecule has 132 valence electrons. The average molecular weight is 336 g/mol. The zero-order chi connectivity index (χ0) is 17.5. The first-order chi connectivity index (χ1) is 11.5. The minimum atomic E-state index is -0.594. The van der Waals surface area contributed by atoms with E-state index in [4.69, 9.17) is 4.74 Å². The van der Waals surface area contributed by atoms with Crippen molar-refractivity contribution in [3.8, 4) is 0 Å². The first-order valence-electron chi connectivity index (χ1n) is 8.44.